The molecule has 0 radical (unpaired) electrons. The molecule has 4 aliphatic heterocycles. The summed E-state index contributed by atoms with van der Waals surface area (Å²) in [5.74, 6) is -0.789. The molecule has 0 spiro atoms. The molecule has 0 aliphatic carbocycles. The number of para-hydroxylation sites is 1. The highest BCUT2D eigenvalue weighted by atomic mass is 32.2. The van der Waals surface area contributed by atoms with Gasteiger partial charge in [-0.2, -0.15) is 12.7 Å². The van der Waals surface area contributed by atoms with E-state index < -0.39 is 28.2 Å². The number of carbonyl (C=O) groups is 3. The number of ether oxygens (including phenoxy) is 1. The molecule has 1 atom stereocenters. The van der Waals surface area contributed by atoms with Crippen LogP contribution in [0.4, 0.5) is 15.3 Å². The monoisotopic (exact) mass is 752 g/mol. The van der Waals surface area contributed by atoms with E-state index in [-0.39, 0.29) is 30.4 Å². The Bertz CT molecular complexity index is 2030. The molecule has 53 heavy (non-hydrogen) atoms. The third kappa shape index (κ3) is 7.93. The minimum Gasteiger partial charge on any atom is -0.436 e. The number of urea groups is 1. The third-order valence-corrected chi connectivity index (χ3v) is 12.4. The molecule has 1 aromatic heterocycles. The number of hydrogen-bond donors (Lipinski definition) is 2. The normalized spacial score (nSPS) is 20.6. The van der Waals surface area contributed by atoms with Crippen LogP contribution >= 0.6 is 0 Å². The molecule has 3 N–H and O–H groups in total. The summed E-state index contributed by atoms with van der Waals surface area (Å²) in [6.07, 6.45) is 1.62. The van der Waals surface area contributed by atoms with Crippen LogP contribution in [0.25, 0.3) is 11.1 Å². The minimum atomic E-state index is -3.71. The number of piperidine rings is 2. The number of rotatable bonds is 7. The van der Waals surface area contributed by atoms with Crippen molar-refractivity contribution in [2.24, 2.45) is 12.2 Å². The Morgan fingerprint density at radius 2 is 1.60 bits per heavy atom. The number of carbonyl (C=O) groups excluding carboxylic acids is 3. The van der Waals surface area contributed by atoms with Crippen LogP contribution in [0.15, 0.2) is 45.6 Å². The summed E-state index contributed by atoms with van der Waals surface area (Å²) in [4.78, 5) is 60.8. The molecule has 4 amide bonds. The first-order chi connectivity index (χ1) is 25.4. The molecule has 7 rings (SSSR count). The number of fused-ring (bicyclic) bond motifs is 2. The highest BCUT2D eigenvalue weighted by Crippen LogP contribution is 2.27. The molecule has 16 nitrogen and oxygen atoms in total. The lowest BCUT2D eigenvalue weighted by molar-refractivity contribution is -0.143. The second-order valence-electron chi connectivity index (χ2n) is 14.5. The van der Waals surface area contributed by atoms with Crippen molar-refractivity contribution in [2.75, 3.05) is 64.2 Å². The number of aromatic nitrogens is 1. The van der Waals surface area contributed by atoms with E-state index in [4.69, 9.17) is 14.3 Å². The summed E-state index contributed by atoms with van der Waals surface area (Å²) in [5, 5.41) is 8.35. The lowest BCUT2D eigenvalue weighted by Crippen LogP contribution is -2.57. The van der Waals surface area contributed by atoms with Gasteiger partial charge in [0.15, 0.2) is 11.7 Å². The number of amides is 4. The van der Waals surface area contributed by atoms with Gasteiger partial charge in [0.1, 0.15) is 0 Å². The van der Waals surface area contributed by atoms with E-state index in [9.17, 15) is 27.6 Å². The van der Waals surface area contributed by atoms with Crippen molar-refractivity contribution in [1.29, 1.82) is 0 Å². The Morgan fingerprint density at radius 3 is 2.30 bits per heavy atom. The summed E-state index contributed by atoms with van der Waals surface area (Å²) in [6.45, 7) is 6.01. The maximum absolute atomic E-state index is 14.2. The van der Waals surface area contributed by atoms with Gasteiger partial charge in [-0.1, -0.05) is 24.3 Å². The van der Waals surface area contributed by atoms with Crippen LogP contribution in [0.2, 0.25) is 0 Å². The van der Waals surface area contributed by atoms with Gasteiger partial charge in [0.25, 0.3) is 16.1 Å². The predicted octanol–water partition coefficient (Wildman–Crippen LogP) is 1.85. The van der Waals surface area contributed by atoms with Gasteiger partial charge in [-0.15, -0.1) is 0 Å². The third-order valence-electron chi connectivity index (χ3n) is 11.3. The highest BCUT2D eigenvalue weighted by molar-refractivity contribution is 7.86. The van der Waals surface area contributed by atoms with E-state index >= 15 is 0 Å². The number of nitrogens with zero attached hydrogens (tertiary/aromatic N) is 6. The van der Waals surface area contributed by atoms with Crippen molar-refractivity contribution in [3.63, 3.8) is 0 Å². The summed E-state index contributed by atoms with van der Waals surface area (Å²) < 4.78 is 37.8. The zero-order chi connectivity index (χ0) is 37.4. The highest BCUT2D eigenvalue weighted by Gasteiger charge is 2.37. The van der Waals surface area contributed by atoms with Crippen LogP contribution in [0.1, 0.15) is 42.4 Å². The number of anilines is 1. The van der Waals surface area contributed by atoms with Gasteiger partial charge < -0.3 is 29.2 Å². The van der Waals surface area contributed by atoms with Crippen LogP contribution in [0, 0.1) is 6.92 Å². The second kappa shape index (κ2) is 15.1. The SMILES string of the molecule is Cc1cc(CC(OC(=O)N2CCC(N3CCc4ccccc4NC3=O)CC2)C(=O)N2CCN(C3CCN(S(N)(=O)=O)CC3)CC2)cc2oc(=O)n(C)c12. The van der Waals surface area contributed by atoms with E-state index in [1.54, 1.807) is 22.9 Å². The number of likely N-dealkylation sites (tertiary alicyclic amines) is 1. The average Bonchev–Trinajstić information content (AvgIpc) is 3.32. The lowest BCUT2D eigenvalue weighted by atomic mass is 10.0. The molecular weight excluding hydrogens is 705 g/mol. The van der Waals surface area contributed by atoms with Crippen molar-refractivity contribution in [3.05, 3.63) is 63.6 Å². The summed E-state index contributed by atoms with van der Waals surface area (Å²) in [7, 11) is -2.08. The van der Waals surface area contributed by atoms with Crippen LogP contribution in [-0.4, -0.2) is 132 Å². The van der Waals surface area contributed by atoms with E-state index in [0.717, 1.165) is 23.2 Å². The van der Waals surface area contributed by atoms with E-state index in [1.807, 2.05) is 42.2 Å². The average molecular weight is 753 g/mol. The predicted molar refractivity (Wildman–Crippen MR) is 196 cm³/mol. The Morgan fingerprint density at radius 1 is 0.925 bits per heavy atom. The topological polar surface area (TPSA) is 184 Å². The van der Waals surface area contributed by atoms with Gasteiger partial charge in [0, 0.05) is 90.1 Å². The number of oxazole rings is 1. The molecule has 5 heterocycles. The molecule has 3 saturated heterocycles. The fraction of sp³-hybridized carbons (Fsp3) is 0.556. The van der Waals surface area contributed by atoms with Gasteiger partial charge in [0.2, 0.25) is 0 Å². The molecule has 17 heteroatoms. The number of benzene rings is 2. The maximum atomic E-state index is 14.2. The van der Waals surface area contributed by atoms with Gasteiger partial charge in [-0.3, -0.25) is 14.3 Å². The summed E-state index contributed by atoms with van der Waals surface area (Å²) in [6, 6.07) is 11.4. The Balaban J connectivity index is 1.01. The fourth-order valence-corrected chi connectivity index (χ4v) is 9.08. The quantitative estimate of drug-likeness (QED) is 0.364. The van der Waals surface area contributed by atoms with Crippen molar-refractivity contribution in [2.45, 2.75) is 63.6 Å². The Hall–Kier alpha value is -4.45. The maximum Gasteiger partial charge on any atom is 0.419 e. The zero-order valence-corrected chi connectivity index (χ0v) is 31.1. The second-order valence-corrected chi connectivity index (χ2v) is 16.1. The van der Waals surface area contributed by atoms with Crippen molar-refractivity contribution >= 4 is 45.0 Å². The molecule has 3 fully saturated rings. The first-order valence-corrected chi connectivity index (χ1v) is 19.9. The van der Waals surface area contributed by atoms with Gasteiger partial charge >= 0.3 is 17.9 Å². The van der Waals surface area contributed by atoms with Gasteiger partial charge in [-0.25, -0.2) is 19.5 Å². The van der Waals surface area contributed by atoms with E-state index in [2.05, 4.69) is 10.2 Å². The van der Waals surface area contributed by atoms with Crippen LogP contribution < -0.4 is 16.2 Å². The molecule has 2 aromatic carbocycles. The molecule has 286 valence electrons. The zero-order valence-electron chi connectivity index (χ0n) is 30.2. The number of piperazine rings is 1. The molecule has 0 saturated carbocycles. The largest absolute Gasteiger partial charge is 0.436 e. The first-order valence-electron chi connectivity index (χ1n) is 18.4. The molecule has 0 bridgehead atoms. The Labute approximate surface area is 308 Å². The number of nitrogens with two attached hydrogens (primary N) is 1. The van der Waals surface area contributed by atoms with Crippen LogP contribution in [0.5, 0.6) is 0 Å². The fourth-order valence-electron chi connectivity index (χ4n) is 8.36. The van der Waals surface area contributed by atoms with E-state index in [1.165, 1.54) is 8.87 Å². The van der Waals surface area contributed by atoms with Gasteiger partial charge in [-0.05, 0) is 67.9 Å². The Kier molecular flexibility index (Phi) is 10.5. The lowest BCUT2D eigenvalue weighted by Gasteiger charge is -2.42. The van der Waals surface area contributed by atoms with Crippen LogP contribution in [-0.2, 0) is 39.6 Å². The summed E-state index contributed by atoms with van der Waals surface area (Å²) >= 11 is 0. The first kappa shape index (κ1) is 36.9. The van der Waals surface area contributed by atoms with E-state index in [0.29, 0.717) is 101 Å². The molecule has 4 aliphatic rings. The summed E-state index contributed by atoms with van der Waals surface area (Å²) in [5.41, 5.74) is 4.48. The molecular formula is C36H48N8O8S. The van der Waals surface area contributed by atoms with Crippen LogP contribution in [0.3, 0.4) is 0 Å². The molecule has 1 unspecified atom stereocenters. The molecule has 3 aromatic rings. The standard InChI is InChI=1S/C36H48N8O8S/c1-24-21-25(22-30-32(24)39(2)35(47)51-30)23-31(33(45)41-19-17-40(18-20-41)27-10-14-43(15-11-27)53(37,49)50)52-36(48)42-12-8-28(9-13-42)44-16-7-26-5-3-4-6-29(26)38-34(44)46/h3-6,21-22,27-28,31H,7-20,23H2,1-2H3,(H,38,46)(H2,37,49,50). The smallest absolute Gasteiger partial charge is 0.419 e. The number of aryl methyl sites for hydroxylation is 2. The number of hydrogen-bond acceptors (Lipinski definition) is 9. The number of nitrogens with one attached hydrogen (secondary N) is 1. The minimum absolute atomic E-state index is 0.0377. The van der Waals surface area contributed by atoms with Gasteiger partial charge in [0.05, 0.1) is 5.52 Å². The van der Waals surface area contributed by atoms with Crippen molar-refractivity contribution in [3.8, 4) is 0 Å². The van der Waals surface area contributed by atoms with Crippen molar-refractivity contribution in [1.82, 2.24) is 28.5 Å². The van der Waals surface area contributed by atoms with Crippen molar-refractivity contribution < 1.29 is 32.0 Å².